The summed E-state index contributed by atoms with van der Waals surface area (Å²) >= 11 is 0. The van der Waals surface area contributed by atoms with Crippen LogP contribution in [0.4, 0.5) is 0 Å². The van der Waals surface area contributed by atoms with Crippen molar-refractivity contribution in [3.05, 3.63) is 29.3 Å². The Hall–Kier alpha value is -1.02. The van der Waals surface area contributed by atoms with Gasteiger partial charge in [0.25, 0.3) is 0 Å². The third kappa shape index (κ3) is 2.55. The molecule has 0 bridgehead atoms. The van der Waals surface area contributed by atoms with Gasteiger partial charge in [0.1, 0.15) is 5.75 Å². The van der Waals surface area contributed by atoms with E-state index in [9.17, 15) is 5.11 Å². The molecule has 1 aromatic rings. The van der Waals surface area contributed by atoms with E-state index in [1.165, 1.54) is 44.1 Å². The molecule has 3 aliphatic rings. The van der Waals surface area contributed by atoms with Crippen molar-refractivity contribution >= 4 is 0 Å². The quantitative estimate of drug-likeness (QED) is 0.786. The van der Waals surface area contributed by atoms with Crippen molar-refractivity contribution in [2.75, 3.05) is 7.11 Å². The predicted molar refractivity (Wildman–Crippen MR) is 102 cm³/mol. The number of aryl methyl sites for hydroxylation is 1. The molecule has 3 aliphatic carbocycles. The van der Waals surface area contributed by atoms with Gasteiger partial charge in [0.2, 0.25) is 0 Å². The van der Waals surface area contributed by atoms with Crippen LogP contribution in [-0.4, -0.2) is 17.8 Å². The first-order chi connectivity index (χ1) is 12.0. The van der Waals surface area contributed by atoms with Gasteiger partial charge in [-0.2, -0.15) is 0 Å². The summed E-state index contributed by atoms with van der Waals surface area (Å²) in [6.07, 6.45) is 10.5. The van der Waals surface area contributed by atoms with Crippen LogP contribution in [-0.2, 0) is 6.42 Å². The molecule has 2 nitrogen and oxygen atoms in total. The maximum atomic E-state index is 11.5. The number of ether oxygens (including phenoxy) is 1. The van der Waals surface area contributed by atoms with E-state index in [0.29, 0.717) is 11.8 Å². The zero-order chi connectivity index (χ0) is 17.7. The van der Waals surface area contributed by atoms with Crippen LogP contribution in [0.5, 0.6) is 5.75 Å². The van der Waals surface area contributed by atoms with Crippen LogP contribution < -0.4 is 4.74 Å². The molecule has 0 saturated heterocycles. The summed E-state index contributed by atoms with van der Waals surface area (Å²) in [4.78, 5) is 0. The van der Waals surface area contributed by atoms with E-state index in [4.69, 9.17) is 4.74 Å². The maximum Gasteiger partial charge on any atom is 0.119 e. The topological polar surface area (TPSA) is 29.5 Å². The van der Waals surface area contributed by atoms with Crippen LogP contribution >= 0.6 is 0 Å². The SMILES string of the molecule is CCCC[C@]1(O)CC[C@H]2[C@@H]3CCc4cc(OC)ccc4[C@H]3CC[C@@]21C. The fourth-order valence-electron chi connectivity index (χ4n) is 6.68. The number of fused-ring (bicyclic) bond motifs is 5. The van der Waals surface area contributed by atoms with Crippen LogP contribution in [0.25, 0.3) is 0 Å². The minimum atomic E-state index is -0.418. The highest BCUT2D eigenvalue weighted by Gasteiger charge is 2.60. The molecule has 2 heteroatoms. The van der Waals surface area contributed by atoms with E-state index in [-0.39, 0.29) is 5.41 Å². The van der Waals surface area contributed by atoms with Crippen LogP contribution in [0.1, 0.15) is 82.3 Å². The van der Waals surface area contributed by atoms with Crippen molar-refractivity contribution in [1.29, 1.82) is 0 Å². The molecule has 2 fully saturated rings. The van der Waals surface area contributed by atoms with Gasteiger partial charge >= 0.3 is 0 Å². The summed E-state index contributed by atoms with van der Waals surface area (Å²) in [5.41, 5.74) is 2.79. The molecule has 0 spiro atoms. The molecule has 0 radical (unpaired) electrons. The lowest BCUT2D eigenvalue weighted by Gasteiger charge is -2.53. The van der Waals surface area contributed by atoms with E-state index in [2.05, 4.69) is 32.0 Å². The van der Waals surface area contributed by atoms with Crippen molar-refractivity contribution in [1.82, 2.24) is 0 Å². The summed E-state index contributed by atoms with van der Waals surface area (Å²) in [6.45, 7) is 4.65. The number of rotatable bonds is 4. The lowest BCUT2D eigenvalue weighted by atomic mass is 9.53. The third-order valence-electron chi connectivity index (χ3n) is 8.20. The molecule has 25 heavy (non-hydrogen) atoms. The molecule has 2 saturated carbocycles. The fourth-order valence-corrected chi connectivity index (χ4v) is 6.68. The van der Waals surface area contributed by atoms with Crippen molar-refractivity contribution < 1.29 is 9.84 Å². The largest absolute Gasteiger partial charge is 0.497 e. The summed E-state index contributed by atoms with van der Waals surface area (Å²) in [5, 5.41) is 11.5. The van der Waals surface area contributed by atoms with Crippen molar-refractivity contribution in [3.63, 3.8) is 0 Å². The summed E-state index contributed by atoms with van der Waals surface area (Å²) < 4.78 is 5.43. The highest BCUT2D eigenvalue weighted by molar-refractivity contribution is 5.40. The molecule has 4 rings (SSSR count). The Labute approximate surface area is 153 Å². The molecule has 1 N–H and O–H groups in total. The average molecular weight is 343 g/mol. The van der Waals surface area contributed by atoms with Crippen LogP contribution in [0, 0.1) is 17.3 Å². The predicted octanol–water partition coefficient (Wildman–Crippen LogP) is 5.47. The van der Waals surface area contributed by atoms with Crippen molar-refractivity contribution in [2.24, 2.45) is 17.3 Å². The van der Waals surface area contributed by atoms with Gasteiger partial charge in [-0.15, -0.1) is 0 Å². The van der Waals surface area contributed by atoms with Gasteiger partial charge in [0.05, 0.1) is 12.7 Å². The highest BCUT2D eigenvalue weighted by Crippen LogP contribution is 2.65. The van der Waals surface area contributed by atoms with Crippen LogP contribution in [0.2, 0.25) is 0 Å². The minimum Gasteiger partial charge on any atom is -0.497 e. The molecule has 0 unspecified atom stereocenters. The first-order valence-electron chi connectivity index (χ1n) is 10.4. The number of aliphatic hydroxyl groups is 1. The van der Waals surface area contributed by atoms with E-state index in [0.717, 1.165) is 30.9 Å². The van der Waals surface area contributed by atoms with Crippen molar-refractivity contribution in [3.8, 4) is 5.75 Å². The Kier molecular flexibility index (Phi) is 4.38. The summed E-state index contributed by atoms with van der Waals surface area (Å²) in [7, 11) is 1.76. The Bertz CT molecular complexity index is 639. The number of hydrogen-bond acceptors (Lipinski definition) is 2. The smallest absolute Gasteiger partial charge is 0.119 e. The molecule has 5 atom stereocenters. The van der Waals surface area contributed by atoms with Gasteiger partial charge in [-0.25, -0.2) is 0 Å². The van der Waals surface area contributed by atoms with Gasteiger partial charge in [-0.3, -0.25) is 0 Å². The van der Waals surface area contributed by atoms with E-state index in [1.54, 1.807) is 12.7 Å². The van der Waals surface area contributed by atoms with E-state index >= 15 is 0 Å². The van der Waals surface area contributed by atoms with Crippen LogP contribution in [0.15, 0.2) is 18.2 Å². The van der Waals surface area contributed by atoms with Gasteiger partial charge in [-0.1, -0.05) is 32.8 Å². The van der Waals surface area contributed by atoms with Crippen molar-refractivity contribution in [2.45, 2.75) is 83.2 Å². The fraction of sp³-hybridized carbons (Fsp3) is 0.739. The Balaban J connectivity index is 1.62. The number of benzene rings is 1. The Morgan fingerprint density at radius 1 is 1.20 bits per heavy atom. The van der Waals surface area contributed by atoms with Crippen LogP contribution in [0.3, 0.4) is 0 Å². The maximum absolute atomic E-state index is 11.5. The molecule has 0 heterocycles. The van der Waals surface area contributed by atoms with Gasteiger partial charge in [0.15, 0.2) is 0 Å². The first kappa shape index (κ1) is 17.4. The highest BCUT2D eigenvalue weighted by atomic mass is 16.5. The third-order valence-corrected chi connectivity index (χ3v) is 8.20. The molecule has 138 valence electrons. The minimum absolute atomic E-state index is 0.132. The molecule has 0 aromatic heterocycles. The van der Waals surface area contributed by atoms with E-state index in [1.807, 2.05) is 0 Å². The standard InChI is InChI=1S/C23H34O2/c1-4-5-12-23(24)14-11-21-20-8-6-16-15-17(25-3)7-9-18(16)19(20)10-13-22(21,23)2/h7,9,15,19-21,24H,4-6,8,10-14H2,1-3H3/t19-,20-,21+,22+,23+/m1/s1. The number of methoxy groups -OCH3 is 1. The molecular formula is C23H34O2. The first-order valence-corrected chi connectivity index (χ1v) is 10.4. The monoisotopic (exact) mass is 342 g/mol. The average Bonchev–Trinajstić information content (AvgIpc) is 2.91. The van der Waals surface area contributed by atoms with Gasteiger partial charge < -0.3 is 9.84 Å². The van der Waals surface area contributed by atoms with Gasteiger partial charge in [-0.05, 0) is 91.4 Å². The summed E-state index contributed by atoms with van der Waals surface area (Å²) in [6, 6.07) is 6.72. The molecule has 0 aliphatic heterocycles. The molecular weight excluding hydrogens is 308 g/mol. The second-order valence-electron chi connectivity index (χ2n) is 9.11. The van der Waals surface area contributed by atoms with Gasteiger partial charge in [0, 0.05) is 0 Å². The number of hydrogen-bond donors (Lipinski definition) is 1. The lowest BCUT2D eigenvalue weighted by Crippen LogP contribution is -2.50. The molecule has 1 aromatic carbocycles. The Morgan fingerprint density at radius 3 is 2.80 bits per heavy atom. The lowest BCUT2D eigenvalue weighted by molar-refractivity contribution is -0.108. The normalized spacial score (nSPS) is 39.4. The second kappa shape index (κ2) is 6.30. The zero-order valence-corrected chi connectivity index (χ0v) is 16.2. The Morgan fingerprint density at radius 2 is 2.04 bits per heavy atom. The zero-order valence-electron chi connectivity index (χ0n) is 16.2. The second-order valence-corrected chi connectivity index (χ2v) is 9.11. The molecule has 0 amide bonds. The summed E-state index contributed by atoms with van der Waals surface area (Å²) in [5.74, 6) is 3.15. The van der Waals surface area contributed by atoms with E-state index < -0.39 is 5.60 Å². The number of unbranched alkanes of at least 4 members (excludes halogenated alkanes) is 1.